The first-order valence-electron chi connectivity index (χ1n) is 9.68. The Morgan fingerprint density at radius 2 is 1.57 bits per heavy atom. The van der Waals surface area contributed by atoms with Crippen molar-refractivity contribution < 1.29 is 9.21 Å². The molecule has 1 N–H and O–H groups in total. The maximum atomic E-state index is 13.0. The van der Waals surface area contributed by atoms with Crippen LogP contribution in [0.1, 0.15) is 21.5 Å². The molecule has 144 valence electrons. The van der Waals surface area contributed by atoms with E-state index >= 15 is 0 Å². The van der Waals surface area contributed by atoms with Crippen LogP contribution in [0.15, 0.2) is 95.7 Å². The summed E-state index contributed by atoms with van der Waals surface area (Å²) in [5.41, 5.74) is 4.68. The molecule has 0 atom stereocenters. The first kappa shape index (κ1) is 17.9. The monoisotopic (exact) mass is 390 g/mol. The number of fused-ring (bicyclic) bond motifs is 3. The summed E-state index contributed by atoms with van der Waals surface area (Å²) in [6.45, 7) is 0. The molecule has 3 aromatic carbocycles. The lowest BCUT2D eigenvalue weighted by Crippen LogP contribution is -2.12. The molecule has 2 heterocycles. The molecule has 0 spiro atoms. The normalized spacial score (nSPS) is 11.3. The van der Waals surface area contributed by atoms with Crippen LogP contribution in [-0.2, 0) is 0 Å². The lowest BCUT2D eigenvalue weighted by molar-refractivity contribution is 0.102. The second kappa shape index (κ2) is 7.68. The van der Waals surface area contributed by atoms with Gasteiger partial charge < -0.3 is 9.73 Å². The van der Waals surface area contributed by atoms with Crippen LogP contribution >= 0.6 is 0 Å². The predicted octanol–water partition coefficient (Wildman–Crippen LogP) is 6.40. The van der Waals surface area contributed by atoms with Crippen molar-refractivity contribution in [2.45, 2.75) is 0 Å². The fourth-order valence-electron chi connectivity index (χ4n) is 3.51. The fourth-order valence-corrected chi connectivity index (χ4v) is 3.51. The van der Waals surface area contributed by atoms with E-state index in [4.69, 9.17) is 4.42 Å². The Morgan fingerprint density at radius 3 is 2.47 bits per heavy atom. The van der Waals surface area contributed by atoms with Gasteiger partial charge in [0.2, 0.25) is 0 Å². The minimum atomic E-state index is -0.199. The summed E-state index contributed by atoms with van der Waals surface area (Å²) < 4.78 is 5.98. The summed E-state index contributed by atoms with van der Waals surface area (Å²) >= 11 is 0. The standard InChI is InChI=1S/C26H18N2O2/c29-26(23-9-4-8-22-21-7-1-2-10-24(21)30-25(22)23)28-20-6-3-5-19(17-20)12-11-18-13-15-27-16-14-18/h1-17H,(H,28,29). The average Bonchev–Trinajstić information content (AvgIpc) is 3.17. The van der Waals surface area contributed by atoms with Gasteiger partial charge in [-0.1, -0.05) is 54.6 Å². The van der Waals surface area contributed by atoms with E-state index in [0.717, 1.165) is 33.2 Å². The highest BCUT2D eigenvalue weighted by Gasteiger charge is 2.15. The summed E-state index contributed by atoms with van der Waals surface area (Å²) in [5, 5.41) is 4.93. The summed E-state index contributed by atoms with van der Waals surface area (Å²) in [7, 11) is 0. The van der Waals surface area contributed by atoms with Gasteiger partial charge in [-0.2, -0.15) is 0 Å². The van der Waals surface area contributed by atoms with E-state index in [0.29, 0.717) is 11.1 Å². The zero-order valence-corrected chi connectivity index (χ0v) is 16.1. The zero-order chi connectivity index (χ0) is 20.3. The summed E-state index contributed by atoms with van der Waals surface area (Å²) in [4.78, 5) is 17.0. The maximum Gasteiger partial charge on any atom is 0.259 e. The van der Waals surface area contributed by atoms with E-state index < -0.39 is 0 Å². The summed E-state index contributed by atoms with van der Waals surface area (Å²) in [6.07, 6.45) is 7.53. The molecule has 5 aromatic rings. The molecule has 0 aliphatic rings. The molecule has 4 heteroatoms. The third-order valence-electron chi connectivity index (χ3n) is 4.97. The third-order valence-corrected chi connectivity index (χ3v) is 4.97. The minimum absolute atomic E-state index is 0.199. The maximum absolute atomic E-state index is 13.0. The number of hydrogen-bond acceptors (Lipinski definition) is 3. The van der Waals surface area contributed by atoms with Crippen molar-refractivity contribution >= 4 is 45.7 Å². The molecule has 4 nitrogen and oxygen atoms in total. The molecule has 0 saturated heterocycles. The Morgan fingerprint density at radius 1 is 0.800 bits per heavy atom. The van der Waals surface area contributed by atoms with Crippen LogP contribution in [0, 0.1) is 0 Å². The number of nitrogens with one attached hydrogen (secondary N) is 1. The molecule has 0 radical (unpaired) electrons. The van der Waals surface area contributed by atoms with Crippen LogP contribution in [0.2, 0.25) is 0 Å². The number of furan rings is 1. The number of carbonyl (C=O) groups excluding carboxylic acids is 1. The number of pyridine rings is 1. The van der Waals surface area contributed by atoms with Crippen LogP contribution in [0.25, 0.3) is 34.1 Å². The van der Waals surface area contributed by atoms with E-state index in [-0.39, 0.29) is 5.91 Å². The Labute approximate surface area is 173 Å². The largest absolute Gasteiger partial charge is 0.455 e. The molecule has 0 aliphatic carbocycles. The number of amides is 1. The van der Waals surface area contributed by atoms with Gasteiger partial charge in [-0.3, -0.25) is 9.78 Å². The minimum Gasteiger partial charge on any atom is -0.455 e. The molecule has 0 unspecified atom stereocenters. The van der Waals surface area contributed by atoms with Gasteiger partial charge in [0.1, 0.15) is 11.2 Å². The highest BCUT2D eigenvalue weighted by molar-refractivity contribution is 6.16. The highest BCUT2D eigenvalue weighted by atomic mass is 16.3. The van der Waals surface area contributed by atoms with Gasteiger partial charge in [0.25, 0.3) is 5.91 Å². The quantitative estimate of drug-likeness (QED) is 0.386. The highest BCUT2D eigenvalue weighted by Crippen LogP contribution is 2.31. The second-order valence-corrected chi connectivity index (χ2v) is 6.97. The molecule has 0 saturated carbocycles. The van der Waals surface area contributed by atoms with Crippen molar-refractivity contribution in [2.75, 3.05) is 5.32 Å². The first-order valence-corrected chi connectivity index (χ1v) is 9.68. The van der Waals surface area contributed by atoms with E-state index in [2.05, 4.69) is 10.3 Å². The fraction of sp³-hybridized carbons (Fsp3) is 0. The SMILES string of the molecule is O=C(Nc1cccc(C=Cc2ccncc2)c1)c1cccc2c1oc1ccccc12. The van der Waals surface area contributed by atoms with Gasteiger partial charge in [-0.05, 0) is 47.5 Å². The van der Waals surface area contributed by atoms with Crippen molar-refractivity contribution in [3.05, 3.63) is 108 Å². The van der Waals surface area contributed by atoms with Gasteiger partial charge in [0.05, 0.1) is 5.56 Å². The molecule has 30 heavy (non-hydrogen) atoms. The van der Waals surface area contributed by atoms with E-state index in [1.54, 1.807) is 18.5 Å². The molecule has 0 aliphatic heterocycles. The number of benzene rings is 3. The number of nitrogens with zero attached hydrogens (tertiary/aromatic N) is 1. The summed E-state index contributed by atoms with van der Waals surface area (Å²) in [6, 6.07) is 25.1. The molecule has 0 bridgehead atoms. The number of para-hydroxylation sites is 2. The number of carbonyl (C=O) groups is 1. The molecule has 0 fully saturated rings. The second-order valence-electron chi connectivity index (χ2n) is 6.97. The van der Waals surface area contributed by atoms with Crippen LogP contribution in [-0.4, -0.2) is 10.9 Å². The zero-order valence-electron chi connectivity index (χ0n) is 16.1. The molecular weight excluding hydrogens is 372 g/mol. The molecular formula is C26H18N2O2. The van der Waals surface area contributed by atoms with Crippen LogP contribution in [0.4, 0.5) is 5.69 Å². The smallest absolute Gasteiger partial charge is 0.259 e. The van der Waals surface area contributed by atoms with E-state index in [1.165, 1.54) is 0 Å². The Kier molecular flexibility index (Phi) is 4.58. The molecule has 2 aromatic heterocycles. The number of anilines is 1. The molecule has 1 amide bonds. The number of aromatic nitrogens is 1. The lowest BCUT2D eigenvalue weighted by Gasteiger charge is -2.07. The Hall–Kier alpha value is -4.18. The van der Waals surface area contributed by atoms with Crippen molar-refractivity contribution in [1.82, 2.24) is 4.98 Å². The van der Waals surface area contributed by atoms with E-state index in [1.807, 2.05) is 84.9 Å². The Bertz CT molecular complexity index is 1380. The van der Waals surface area contributed by atoms with Crippen molar-refractivity contribution in [3.63, 3.8) is 0 Å². The van der Waals surface area contributed by atoms with Crippen molar-refractivity contribution in [3.8, 4) is 0 Å². The molecule has 5 rings (SSSR count). The third kappa shape index (κ3) is 3.47. The number of rotatable bonds is 4. The van der Waals surface area contributed by atoms with Crippen molar-refractivity contribution in [1.29, 1.82) is 0 Å². The van der Waals surface area contributed by atoms with Gasteiger partial charge in [-0.15, -0.1) is 0 Å². The summed E-state index contributed by atoms with van der Waals surface area (Å²) in [5.74, 6) is -0.199. The Balaban J connectivity index is 1.43. The van der Waals surface area contributed by atoms with Gasteiger partial charge in [-0.25, -0.2) is 0 Å². The van der Waals surface area contributed by atoms with Crippen LogP contribution in [0.3, 0.4) is 0 Å². The van der Waals surface area contributed by atoms with Gasteiger partial charge in [0.15, 0.2) is 0 Å². The van der Waals surface area contributed by atoms with Gasteiger partial charge in [0, 0.05) is 28.9 Å². The average molecular weight is 390 g/mol. The number of hydrogen-bond donors (Lipinski definition) is 1. The lowest BCUT2D eigenvalue weighted by atomic mass is 10.1. The first-order chi connectivity index (χ1) is 14.8. The van der Waals surface area contributed by atoms with Crippen molar-refractivity contribution in [2.24, 2.45) is 0 Å². The van der Waals surface area contributed by atoms with Crippen LogP contribution < -0.4 is 5.32 Å². The van der Waals surface area contributed by atoms with Crippen LogP contribution in [0.5, 0.6) is 0 Å². The van der Waals surface area contributed by atoms with E-state index in [9.17, 15) is 4.79 Å². The predicted molar refractivity (Wildman–Crippen MR) is 121 cm³/mol. The van der Waals surface area contributed by atoms with Gasteiger partial charge >= 0.3 is 0 Å². The topological polar surface area (TPSA) is 55.1 Å².